The van der Waals surface area contributed by atoms with E-state index in [1.807, 2.05) is 9.80 Å². The number of hydrogen-bond donors (Lipinski definition) is 1. The first-order valence-electron chi connectivity index (χ1n) is 12.4. The zero-order valence-electron chi connectivity index (χ0n) is 18.8. The maximum absolute atomic E-state index is 13.1. The Kier molecular flexibility index (Phi) is 6.31. The van der Waals surface area contributed by atoms with Crippen LogP contribution in [0.5, 0.6) is 0 Å². The molecule has 4 aliphatic rings. The quantitative estimate of drug-likeness (QED) is 0.773. The number of fused-ring (bicyclic) bond motifs is 1. The average molecular weight is 443 g/mol. The molecule has 0 bridgehead atoms. The number of amides is 2. The van der Waals surface area contributed by atoms with Gasteiger partial charge >= 0.3 is 0 Å². The fraction of sp³-hybridized carbons (Fsp3) is 0.750. The van der Waals surface area contributed by atoms with Crippen molar-refractivity contribution in [3.05, 3.63) is 27.4 Å². The van der Waals surface area contributed by atoms with Crippen molar-refractivity contribution in [3.8, 4) is 0 Å². The lowest BCUT2D eigenvalue weighted by Crippen LogP contribution is -2.45. The molecule has 2 atom stereocenters. The van der Waals surface area contributed by atoms with Crippen LogP contribution in [0, 0.1) is 5.92 Å². The highest BCUT2D eigenvalue weighted by Crippen LogP contribution is 2.32. The monoisotopic (exact) mass is 442 g/mol. The van der Waals surface area contributed by atoms with Crippen molar-refractivity contribution in [1.29, 1.82) is 0 Å². The minimum Gasteiger partial charge on any atom is -0.368 e. The molecule has 8 heteroatoms. The summed E-state index contributed by atoms with van der Waals surface area (Å²) in [7, 11) is 0. The zero-order chi connectivity index (χ0) is 22.1. The summed E-state index contributed by atoms with van der Waals surface area (Å²) >= 11 is 0. The van der Waals surface area contributed by atoms with Crippen LogP contribution >= 0.6 is 0 Å². The molecule has 4 heterocycles. The second kappa shape index (κ2) is 9.33. The third-order valence-corrected chi connectivity index (χ3v) is 7.68. The smallest absolute Gasteiger partial charge is 0.256 e. The Hall–Kier alpha value is -2.22. The summed E-state index contributed by atoms with van der Waals surface area (Å²) in [5.41, 5.74) is 1.22. The fourth-order valence-electron chi connectivity index (χ4n) is 5.84. The zero-order valence-corrected chi connectivity index (χ0v) is 18.8. The van der Waals surface area contributed by atoms with Gasteiger partial charge in [-0.3, -0.25) is 14.4 Å². The van der Waals surface area contributed by atoms with Crippen LogP contribution in [0.15, 0.2) is 4.79 Å². The summed E-state index contributed by atoms with van der Waals surface area (Å²) in [4.78, 5) is 50.3. The second-order valence-corrected chi connectivity index (χ2v) is 9.84. The number of hydrogen-bond acceptors (Lipinski definition) is 5. The van der Waals surface area contributed by atoms with Crippen molar-refractivity contribution < 1.29 is 14.3 Å². The third kappa shape index (κ3) is 4.34. The van der Waals surface area contributed by atoms with Crippen LogP contribution < -0.4 is 5.56 Å². The minimum absolute atomic E-state index is 0.0243. The molecule has 2 saturated heterocycles. The van der Waals surface area contributed by atoms with Gasteiger partial charge in [-0.25, -0.2) is 4.98 Å². The number of aromatic amines is 1. The van der Waals surface area contributed by atoms with E-state index >= 15 is 0 Å². The van der Waals surface area contributed by atoms with Crippen LogP contribution in [0.25, 0.3) is 0 Å². The van der Waals surface area contributed by atoms with Crippen molar-refractivity contribution >= 4 is 11.8 Å². The summed E-state index contributed by atoms with van der Waals surface area (Å²) in [6, 6.07) is -0.208. The highest BCUT2D eigenvalue weighted by molar-refractivity contribution is 5.81. The number of carbonyl (C=O) groups is 2. The Morgan fingerprint density at radius 3 is 2.62 bits per heavy atom. The maximum Gasteiger partial charge on any atom is 0.256 e. The normalized spacial score (nSPS) is 26.4. The van der Waals surface area contributed by atoms with Crippen molar-refractivity contribution in [1.82, 2.24) is 19.8 Å². The van der Waals surface area contributed by atoms with Crippen molar-refractivity contribution in [2.45, 2.75) is 89.3 Å². The SMILES string of the molecule is O=C(CC1CCCC1)N1CCc2nc(C3CCCCN3C(=O)C3CCCO3)[nH]c(=O)c2C1. The van der Waals surface area contributed by atoms with Crippen LogP contribution in [-0.2, 0) is 27.3 Å². The molecule has 3 aliphatic heterocycles. The number of carbonyl (C=O) groups excluding carboxylic acids is 2. The van der Waals surface area contributed by atoms with Gasteiger partial charge in [-0.1, -0.05) is 12.8 Å². The van der Waals surface area contributed by atoms with Crippen LogP contribution in [0.2, 0.25) is 0 Å². The molecule has 0 spiro atoms. The van der Waals surface area contributed by atoms with Gasteiger partial charge in [-0.05, 0) is 50.9 Å². The molecule has 5 rings (SSSR count). The van der Waals surface area contributed by atoms with Crippen molar-refractivity contribution in [2.75, 3.05) is 19.7 Å². The summed E-state index contributed by atoms with van der Waals surface area (Å²) < 4.78 is 5.63. The van der Waals surface area contributed by atoms with E-state index < -0.39 is 0 Å². The molecule has 1 aromatic heterocycles. The summed E-state index contributed by atoms with van der Waals surface area (Å²) in [5, 5.41) is 0. The maximum atomic E-state index is 13.1. The number of piperidine rings is 1. The number of nitrogens with zero attached hydrogens (tertiary/aromatic N) is 3. The van der Waals surface area contributed by atoms with E-state index in [9.17, 15) is 14.4 Å². The Morgan fingerprint density at radius 1 is 1.03 bits per heavy atom. The van der Waals surface area contributed by atoms with E-state index in [4.69, 9.17) is 9.72 Å². The van der Waals surface area contributed by atoms with Crippen molar-refractivity contribution in [2.24, 2.45) is 5.92 Å². The van der Waals surface area contributed by atoms with E-state index in [0.717, 1.165) is 50.6 Å². The van der Waals surface area contributed by atoms with Crippen LogP contribution in [0.1, 0.15) is 87.3 Å². The Bertz CT molecular complexity index is 917. The minimum atomic E-state index is -0.362. The van der Waals surface area contributed by atoms with Gasteiger partial charge in [0, 0.05) is 32.5 Å². The molecule has 3 fully saturated rings. The summed E-state index contributed by atoms with van der Waals surface area (Å²) in [5.74, 6) is 1.27. The van der Waals surface area contributed by atoms with Gasteiger partial charge in [0.2, 0.25) is 5.91 Å². The number of H-pyrrole nitrogens is 1. The van der Waals surface area contributed by atoms with E-state index in [-0.39, 0.29) is 29.5 Å². The summed E-state index contributed by atoms with van der Waals surface area (Å²) in [6.07, 6.45) is 10.0. The highest BCUT2D eigenvalue weighted by atomic mass is 16.5. The lowest BCUT2D eigenvalue weighted by Gasteiger charge is -2.37. The Morgan fingerprint density at radius 2 is 1.84 bits per heavy atom. The number of rotatable bonds is 4. The molecule has 1 N–H and O–H groups in total. The molecule has 2 unspecified atom stereocenters. The van der Waals surface area contributed by atoms with E-state index in [2.05, 4.69) is 4.98 Å². The average Bonchev–Trinajstić information content (AvgIpc) is 3.53. The molecular weight excluding hydrogens is 408 g/mol. The summed E-state index contributed by atoms with van der Waals surface area (Å²) in [6.45, 7) is 2.26. The number of ether oxygens (including phenoxy) is 1. The first kappa shape index (κ1) is 21.6. The molecule has 8 nitrogen and oxygen atoms in total. The van der Waals surface area contributed by atoms with Crippen molar-refractivity contribution in [3.63, 3.8) is 0 Å². The lowest BCUT2D eigenvalue weighted by atomic mass is 9.98. The largest absolute Gasteiger partial charge is 0.368 e. The van der Waals surface area contributed by atoms with Gasteiger partial charge in [0.25, 0.3) is 11.5 Å². The topological polar surface area (TPSA) is 95.6 Å². The fourth-order valence-corrected chi connectivity index (χ4v) is 5.84. The molecule has 1 aromatic rings. The van der Waals surface area contributed by atoms with Gasteiger partial charge < -0.3 is 19.5 Å². The number of nitrogens with one attached hydrogen (secondary N) is 1. The van der Waals surface area contributed by atoms with Crippen LogP contribution in [0.3, 0.4) is 0 Å². The molecule has 0 radical (unpaired) electrons. The molecule has 174 valence electrons. The first-order valence-corrected chi connectivity index (χ1v) is 12.4. The lowest BCUT2D eigenvalue weighted by molar-refractivity contribution is -0.145. The number of aromatic nitrogens is 2. The van der Waals surface area contributed by atoms with Gasteiger partial charge in [0.05, 0.1) is 23.8 Å². The molecule has 2 amide bonds. The van der Waals surface area contributed by atoms with Crippen LogP contribution in [0.4, 0.5) is 0 Å². The molecule has 32 heavy (non-hydrogen) atoms. The third-order valence-electron chi connectivity index (χ3n) is 7.68. The molecule has 0 aromatic carbocycles. The van der Waals surface area contributed by atoms with Gasteiger partial charge in [-0.15, -0.1) is 0 Å². The first-order chi connectivity index (χ1) is 15.6. The predicted octanol–water partition coefficient (Wildman–Crippen LogP) is 2.47. The van der Waals surface area contributed by atoms with Crippen LogP contribution in [-0.4, -0.2) is 57.4 Å². The Labute approximate surface area is 188 Å². The molecule has 1 saturated carbocycles. The Balaban J connectivity index is 1.32. The van der Waals surface area contributed by atoms with E-state index in [1.165, 1.54) is 12.8 Å². The van der Waals surface area contributed by atoms with Gasteiger partial charge in [0.15, 0.2) is 0 Å². The predicted molar refractivity (Wildman–Crippen MR) is 118 cm³/mol. The molecule has 1 aliphatic carbocycles. The number of likely N-dealkylation sites (tertiary alicyclic amines) is 1. The highest BCUT2D eigenvalue weighted by Gasteiger charge is 2.36. The van der Waals surface area contributed by atoms with Gasteiger partial charge in [0.1, 0.15) is 11.9 Å². The van der Waals surface area contributed by atoms with E-state index in [1.54, 1.807) is 0 Å². The van der Waals surface area contributed by atoms with Gasteiger partial charge in [-0.2, -0.15) is 0 Å². The second-order valence-electron chi connectivity index (χ2n) is 9.84. The van der Waals surface area contributed by atoms with E-state index in [0.29, 0.717) is 56.4 Å². The molecular formula is C24H34N4O4. The standard InChI is InChI=1S/C24H34N4O4/c29-21(14-16-6-1-2-7-16)27-12-10-18-17(15-27)23(30)26-22(25-18)19-8-3-4-11-28(19)24(31)20-9-5-13-32-20/h16,19-20H,1-15H2,(H,25,26,30).